The number of ether oxygens (including phenoxy) is 1. The van der Waals surface area contributed by atoms with Crippen LogP contribution in [0.15, 0.2) is 29.0 Å². The number of carbonyl (C=O) groups excluding carboxylic acids is 4. The second-order valence-electron chi connectivity index (χ2n) is 8.58. The number of amides is 1. The molecule has 6 N–H and O–H groups in total. The highest BCUT2D eigenvalue weighted by atomic mass is 16.5. The van der Waals surface area contributed by atoms with Gasteiger partial charge in [0.15, 0.2) is 11.4 Å². The lowest BCUT2D eigenvalue weighted by Gasteiger charge is -2.46. The Balaban J connectivity index is 1.84. The summed E-state index contributed by atoms with van der Waals surface area (Å²) in [5.74, 6) is -7.12. The fraction of sp³-hybridized carbons (Fsp3) is 0.391. The van der Waals surface area contributed by atoms with Gasteiger partial charge in [-0.1, -0.05) is 6.07 Å². The Bertz CT molecular complexity index is 1180. The van der Waals surface area contributed by atoms with Gasteiger partial charge in [-0.2, -0.15) is 0 Å². The molecule has 1 fully saturated rings. The van der Waals surface area contributed by atoms with E-state index in [2.05, 4.69) is 4.74 Å². The Morgan fingerprint density at radius 2 is 1.88 bits per heavy atom. The Hall–Kier alpha value is -3.66. The minimum absolute atomic E-state index is 0.00416. The van der Waals surface area contributed by atoms with Crippen LogP contribution in [-0.2, 0) is 36.8 Å². The van der Waals surface area contributed by atoms with Gasteiger partial charge in [0.25, 0.3) is 5.91 Å². The van der Waals surface area contributed by atoms with Crippen molar-refractivity contribution < 1.29 is 44.3 Å². The van der Waals surface area contributed by atoms with E-state index in [0.29, 0.717) is 11.1 Å². The number of hydrogen-bond donors (Lipinski definition) is 5. The van der Waals surface area contributed by atoms with Crippen LogP contribution < -0.4 is 5.73 Å². The average molecular weight is 457 g/mol. The molecule has 4 rings (SSSR count). The number of Topliss-reactive ketones (excluding diaryl/α,β-unsaturated/α-hetero) is 2. The summed E-state index contributed by atoms with van der Waals surface area (Å²) in [7, 11) is 1.27. The first kappa shape index (κ1) is 22.5. The van der Waals surface area contributed by atoms with Crippen LogP contribution in [0.5, 0.6) is 5.75 Å². The fourth-order valence-corrected chi connectivity index (χ4v) is 5.26. The molecule has 0 bridgehead atoms. The molecule has 1 saturated carbocycles. The van der Waals surface area contributed by atoms with E-state index in [1.807, 2.05) is 0 Å². The second kappa shape index (κ2) is 7.73. The molecule has 10 heteroatoms. The van der Waals surface area contributed by atoms with Gasteiger partial charge in [0, 0.05) is 24.3 Å². The lowest BCUT2D eigenvalue weighted by atomic mass is 9.59. The van der Waals surface area contributed by atoms with E-state index in [4.69, 9.17) is 5.73 Å². The van der Waals surface area contributed by atoms with Crippen molar-refractivity contribution in [3.05, 3.63) is 45.7 Å². The van der Waals surface area contributed by atoms with Crippen molar-refractivity contribution in [3.63, 3.8) is 0 Å². The van der Waals surface area contributed by atoms with Crippen molar-refractivity contribution in [3.8, 4) is 5.75 Å². The van der Waals surface area contributed by atoms with Gasteiger partial charge in [0.1, 0.15) is 22.8 Å². The van der Waals surface area contributed by atoms with Crippen LogP contribution in [0.25, 0.3) is 5.76 Å². The summed E-state index contributed by atoms with van der Waals surface area (Å²) in [6.07, 6.45) is 0.210. The van der Waals surface area contributed by atoms with Crippen LogP contribution in [0.2, 0.25) is 0 Å². The van der Waals surface area contributed by atoms with E-state index in [0.717, 1.165) is 0 Å². The van der Waals surface area contributed by atoms with Crippen molar-refractivity contribution in [1.29, 1.82) is 0 Å². The lowest BCUT2D eigenvalue weighted by molar-refractivity contribution is -0.147. The molecular weight excluding hydrogens is 434 g/mol. The molecule has 0 aliphatic heterocycles. The first-order valence-electron chi connectivity index (χ1n) is 10.4. The molecule has 3 unspecified atom stereocenters. The van der Waals surface area contributed by atoms with E-state index in [1.54, 1.807) is 6.07 Å². The summed E-state index contributed by atoms with van der Waals surface area (Å²) in [4.78, 5) is 49.0. The predicted molar refractivity (Wildman–Crippen MR) is 112 cm³/mol. The third kappa shape index (κ3) is 3.20. The van der Waals surface area contributed by atoms with Crippen molar-refractivity contribution in [2.45, 2.75) is 37.7 Å². The molecule has 1 amide bonds. The zero-order valence-corrected chi connectivity index (χ0v) is 17.8. The number of benzene rings is 1. The zero-order chi connectivity index (χ0) is 24.2. The molecule has 3 aliphatic rings. The van der Waals surface area contributed by atoms with Crippen molar-refractivity contribution in [2.24, 2.45) is 17.6 Å². The maximum absolute atomic E-state index is 13.4. The van der Waals surface area contributed by atoms with Crippen LogP contribution in [0.1, 0.15) is 36.0 Å². The smallest absolute Gasteiger partial charge is 0.305 e. The fourth-order valence-electron chi connectivity index (χ4n) is 5.26. The maximum atomic E-state index is 13.4. The number of esters is 1. The van der Waals surface area contributed by atoms with E-state index in [9.17, 15) is 39.6 Å². The van der Waals surface area contributed by atoms with Crippen LogP contribution in [0.4, 0.5) is 0 Å². The standard InChI is InChI=1S/C23H23NO9/c1-33-15(27)5-3-9-2-4-13(25)17-12(9)7-10-6-11-8-14(26)18(22(24)31)21(30)23(11,32)20(29)16(10)19(17)28/h2,4,10-11,25,28,30,32H,3,5-8H2,1H3,(H2,24,31). The Labute approximate surface area is 188 Å². The molecule has 0 heterocycles. The van der Waals surface area contributed by atoms with Gasteiger partial charge in [0.05, 0.1) is 12.7 Å². The number of rotatable bonds is 4. The summed E-state index contributed by atoms with van der Waals surface area (Å²) >= 11 is 0. The van der Waals surface area contributed by atoms with Gasteiger partial charge >= 0.3 is 5.97 Å². The number of carbonyl (C=O) groups is 4. The number of nitrogens with two attached hydrogens (primary N) is 1. The highest BCUT2D eigenvalue weighted by molar-refractivity contribution is 6.22. The van der Waals surface area contributed by atoms with E-state index in [1.165, 1.54) is 13.2 Å². The first-order valence-corrected chi connectivity index (χ1v) is 10.4. The minimum atomic E-state index is -2.59. The zero-order valence-electron chi connectivity index (χ0n) is 17.8. The predicted octanol–water partition coefficient (Wildman–Crippen LogP) is 0.529. The Morgan fingerprint density at radius 3 is 2.52 bits per heavy atom. The van der Waals surface area contributed by atoms with E-state index in [-0.39, 0.29) is 49.0 Å². The van der Waals surface area contributed by atoms with Crippen molar-refractivity contribution in [1.82, 2.24) is 0 Å². The molecule has 3 aliphatic carbocycles. The van der Waals surface area contributed by atoms with Crippen molar-refractivity contribution >= 4 is 29.2 Å². The molecule has 1 aromatic rings. The largest absolute Gasteiger partial charge is 0.508 e. The number of aliphatic hydroxyl groups is 3. The monoisotopic (exact) mass is 457 g/mol. The molecule has 3 atom stereocenters. The molecule has 174 valence electrons. The van der Waals surface area contributed by atoms with Crippen molar-refractivity contribution in [2.75, 3.05) is 7.11 Å². The van der Waals surface area contributed by atoms with Crippen LogP contribution in [0.3, 0.4) is 0 Å². The molecule has 10 nitrogen and oxygen atoms in total. The lowest BCUT2D eigenvalue weighted by Crippen LogP contribution is -2.58. The van der Waals surface area contributed by atoms with Gasteiger partial charge < -0.3 is 30.9 Å². The number of aromatic hydroxyl groups is 1. The van der Waals surface area contributed by atoms with Gasteiger partial charge in [-0.05, 0) is 42.4 Å². The molecular formula is C23H23NO9. The molecule has 33 heavy (non-hydrogen) atoms. The number of methoxy groups -OCH3 is 1. The Kier molecular flexibility index (Phi) is 5.28. The SMILES string of the molecule is COC(=O)CCc1ccc(O)c2c1CC1CC3CC(=O)C(C(N)=O)=C(O)C3(O)C(=O)C1=C2O. The maximum Gasteiger partial charge on any atom is 0.305 e. The summed E-state index contributed by atoms with van der Waals surface area (Å²) in [5.41, 5.74) is 2.77. The molecule has 0 radical (unpaired) electrons. The third-order valence-corrected chi connectivity index (χ3v) is 6.87. The topological polar surface area (TPSA) is 184 Å². The van der Waals surface area contributed by atoms with E-state index < -0.39 is 58.0 Å². The molecule has 0 aromatic heterocycles. The number of aryl methyl sites for hydroxylation is 1. The second-order valence-corrected chi connectivity index (χ2v) is 8.58. The van der Waals surface area contributed by atoms with Gasteiger partial charge in [0.2, 0.25) is 5.78 Å². The molecule has 0 saturated heterocycles. The summed E-state index contributed by atoms with van der Waals surface area (Å²) in [6, 6.07) is 2.95. The van der Waals surface area contributed by atoms with Crippen LogP contribution in [-0.4, -0.2) is 56.6 Å². The summed E-state index contributed by atoms with van der Waals surface area (Å²) in [6.45, 7) is 0. The number of phenolic OH excluding ortho intramolecular Hbond substituents is 1. The molecule has 1 aromatic carbocycles. The number of hydrogen-bond acceptors (Lipinski definition) is 9. The Morgan fingerprint density at radius 1 is 1.18 bits per heavy atom. The number of primary amides is 1. The van der Waals surface area contributed by atoms with Gasteiger partial charge in [-0.15, -0.1) is 0 Å². The minimum Gasteiger partial charge on any atom is -0.508 e. The van der Waals surface area contributed by atoms with E-state index >= 15 is 0 Å². The first-order chi connectivity index (χ1) is 15.5. The highest BCUT2D eigenvalue weighted by Gasteiger charge is 2.60. The number of phenols is 1. The quantitative estimate of drug-likeness (QED) is 0.318. The normalized spacial score (nSPS) is 26.5. The van der Waals surface area contributed by atoms with Gasteiger partial charge in [-0.25, -0.2) is 0 Å². The average Bonchev–Trinajstić information content (AvgIpc) is 2.75. The summed E-state index contributed by atoms with van der Waals surface area (Å²) < 4.78 is 4.66. The number of fused-ring (bicyclic) bond motifs is 3. The third-order valence-electron chi connectivity index (χ3n) is 6.87. The summed E-state index contributed by atoms with van der Waals surface area (Å²) in [5, 5.41) is 43.2. The van der Waals surface area contributed by atoms with Crippen LogP contribution in [0, 0.1) is 11.8 Å². The van der Waals surface area contributed by atoms with Gasteiger partial charge in [-0.3, -0.25) is 19.2 Å². The van der Waals surface area contributed by atoms with Crippen LogP contribution >= 0.6 is 0 Å². The highest BCUT2D eigenvalue weighted by Crippen LogP contribution is 2.52. The number of ketones is 2. The molecule has 0 spiro atoms. The number of aliphatic hydroxyl groups excluding tert-OH is 2.